The number of carbonyl (C=O) groups excluding carboxylic acids is 2. The summed E-state index contributed by atoms with van der Waals surface area (Å²) >= 11 is 0. The van der Waals surface area contributed by atoms with E-state index < -0.39 is 0 Å². The van der Waals surface area contributed by atoms with E-state index in [0.717, 1.165) is 32.1 Å². The zero-order valence-corrected chi connectivity index (χ0v) is 14.6. The van der Waals surface area contributed by atoms with Crippen molar-refractivity contribution in [2.45, 2.75) is 59.3 Å². The van der Waals surface area contributed by atoms with Crippen molar-refractivity contribution in [3.63, 3.8) is 0 Å². The summed E-state index contributed by atoms with van der Waals surface area (Å²) in [5.74, 6) is 1.88. The maximum atomic E-state index is 13.0. The number of hydrogen-bond acceptors (Lipinski definition) is 2. The zero-order chi connectivity index (χ0) is 16.4. The minimum Gasteiger partial charge on any atom is -0.300 e. The molecule has 0 aromatic heterocycles. The second-order valence-electron chi connectivity index (χ2n) is 8.88. The Morgan fingerprint density at radius 2 is 1.91 bits per heavy atom. The van der Waals surface area contributed by atoms with Crippen molar-refractivity contribution in [2.24, 2.45) is 34.5 Å². The third kappa shape index (κ3) is 1.93. The highest BCUT2D eigenvalue weighted by Gasteiger charge is 2.60. The van der Waals surface area contributed by atoms with Crippen LogP contribution in [-0.4, -0.2) is 11.6 Å². The molecule has 124 valence electrons. The van der Waals surface area contributed by atoms with Gasteiger partial charge in [-0.3, -0.25) is 9.59 Å². The van der Waals surface area contributed by atoms with E-state index >= 15 is 0 Å². The van der Waals surface area contributed by atoms with Gasteiger partial charge in [0.05, 0.1) is 0 Å². The average Bonchev–Trinajstić information content (AvgIpc) is 2.85. The van der Waals surface area contributed by atoms with E-state index in [1.54, 1.807) is 6.92 Å². The standard InChI is InChI=1S/C21H28O2/c1-13(22)15-7-8-16-19-17(9-11-21(15,16)3)20(2)10-5-4-6-14(20)12-18(19)23/h4,6,12,15-17,19H,5,7-11H2,1-3H3/t15-,16+,17+,19+,20+,21-/m1/s1. The van der Waals surface area contributed by atoms with Crippen molar-refractivity contribution in [3.05, 3.63) is 23.8 Å². The summed E-state index contributed by atoms with van der Waals surface area (Å²) in [7, 11) is 0. The fraction of sp³-hybridized carbons (Fsp3) is 0.714. The fourth-order valence-corrected chi connectivity index (χ4v) is 6.71. The van der Waals surface area contributed by atoms with Gasteiger partial charge in [-0.25, -0.2) is 0 Å². The van der Waals surface area contributed by atoms with Crippen molar-refractivity contribution < 1.29 is 9.59 Å². The molecule has 0 aromatic rings. The topological polar surface area (TPSA) is 34.1 Å². The molecule has 0 spiro atoms. The molecule has 0 aliphatic heterocycles. The largest absolute Gasteiger partial charge is 0.300 e. The molecule has 2 fully saturated rings. The van der Waals surface area contributed by atoms with Crippen molar-refractivity contribution >= 4 is 11.6 Å². The molecule has 0 unspecified atom stereocenters. The van der Waals surface area contributed by atoms with E-state index in [1.807, 2.05) is 6.08 Å². The van der Waals surface area contributed by atoms with E-state index in [-0.39, 0.29) is 22.7 Å². The van der Waals surface area contributed by atoms with Crippen LogP contribution in [0.4, 0.5) is 0 Å². The van der Waals surface area contributed by atoms with Gasteiger partial charge in [0.2, 0.25) is 0 Å². The van der Waals surface area contributed by atoms with Gasteiger partial charge in [-0.2, -0.15) is 0 Å². The third-order valence-corrected chi connectivity index (χ3v) is 7.99. The van der Waals surface area contributed by atoms with Gasteiger partial charge in [-0.1, -0.05) is 26.0 Å². The normalized spacial score (nSPS) is 48.3. The molecular formula is C21H28O2. The number of Topliss-reactive ketones (excluding diaryl/α,β-unsaturated/α-hetero) is 1. The summed E-state index contributed by atoms with van der Waals surface area (Å²) in [4.78, 5) is 25.1. The Kier molecular flexibility index (Phi) is 3.28. The fourth-order valence-electron chi connectivity index (χ4n) is 6.71. The highest BCUT2D eigenvalue weighted by atomic mass is 16.1. The van der Waals surface area contributed by atoms with E-state index in [4.69, 9.17) is 0 Å². The molecule has 0 bridgehead atoms. The molecule has 4 aliphatic rings. The molecule has 4 aliphatic carbocycles. The van der Waals surface area contributed by atoms with Crippen LogP contribution in [0, 0.1) is 34.5 Å². The first-order chi connectivity index (χ1) is 10.9. The third-order valence-electron chi connectivity index (χ3n) is 7.99. The summed E-state index contributed by atoms with van der Waals surface area (Å²) in [6, 6.07) is 0. The van der Waals surface area contributed by atoms with Crippen LogP contribution in [0.1, 0.15) is 59.3 Å². The van der Waals surface area contributed by atoms with Crippen LogP contribution >= 0.6 is 0 Å². The predicted molar refractivity (Wildman–Crippen MR) is 90.8 cm³/mol. The molecule has 2 heteroatoms. The summed E-state index contributed by atoms with van der Waals surface area (Å²) < 4.78 is 0. The Labute approximate surface area is 139 Å². The second kappa shape index (κ2) is 4.91. The summed E-state index contributed by atoms with van der Waals surface area (Å²) in [5.41, 5.74) is 1.48. The van der Waals surface area contributed by atoms with E-state index in [2.05, 4.69) is 26.0 Å². The lowest BCUT2D eigenvalue weighted by atomic mass is 9.47. The Bertz CT molecular complexity index is 628. The van der Waals surface area contributed by atoms with E-state index in [9.17, 15) is 9.59 Å². The number of rotatable bonds is 1. The van der Waals surface area contributed by atoms with Gasteiger partial charge in [-0.05, 0) is 79.8 Å². The van der Waals surface area contributed by atoms with Gasteiger partial charge < -0.3 is 0 Å². The molecule has 6 atom stereocenters. The predicted octanol–water partition coefficient (Wildman–Crippen LogP) is 4.50. The van der Waals surface area contributed by atoms with E-state index in [0.29, 0.717) is 23.4 Å². The Morgan fingerprint density at radius 1 is 1.13 bits per heavy atom. The number of carbonyl (C=O) groups is 2. The minimum absolute atomic E-state index is 0.0505. The van der Waals surface area contributed by atoms with Crippen LogP contribution in [0.2, 0.25) is 0 Å². The summed E-state index contributed by atoms with van der Waals surface area (Å²) in [6.45, 7) is 6.42. The summed E-state index contributed by atoms with van der Waals surface area (Å²) in [5, 5.41) is 0. The van der Waals surface area contributed by atoms with Crippen molar-refractivity contribution in [2.75, 3.05) is 0 Å². The molecule has 0 N–H and O–H groups in total. The quantitative estimate of drug-likeness (QED) is 0.714. The molecule has 0 amide bonds. The van der Waals surface area contributed by atoms with Crippen molar-refractivity contribution in [3.8, 4) is 0 Å². The van der Waals surface area contributed by atoms with Crippen LogP contribution in [0.15, 0.2) is 23.8 Å². The van der Waals surface area contributed by atoms with E-state index in [1.165, 1.54) is 12.0 Å². The molecule has 2 nitrogen and oxygen atoms in total. The van der Waals surface area contributed by atoms with Gasteiger partial charge in [0, 0.05) is 11.8 Å². The van der Waals surface area contributed by atoms with Gasteiger partial charge >= 0.3 is 0 Å². The first kappa shape index (κ1) is 15.4. The SMILES string of the molecule is CC(=O)[C@H]1CC[C@H]2[C@@H]3C(=O)C=C4C=CCC[C@]4(C)[C@H]3CC[C@]12C. The smallest absolute Gasteiger partial charge is 0.159 e. The number of ketones is 2. The molecule has 0 radical (unpaired) electrons. The Morgan fingerprint density at radius 3 is 2.65 bits per heavy atom. The first-order valence-corrected chi connectivity index (χ1v) is 9.31. The van der Waals surface area contributed by atoms with Crippen molar-refractivity contribution in [1.82, 2.24) is 0 Å². The number of allylic oxidation sites excluding steroid dienone is 4. The number of fused-ring (bicyclic) bond motifs is 5. The van der Waals surface area contributed by atoms with Crippen molar-refractivity contribution in [1.29, 1.82) is 0 Å². The van der Waals surface area contributed by atoms with Crippen LogP contribution in [0.25, 0.3) is 0 Å². The Balaban J connectivity index is 1.76. The van der Waals surface area contributed by atoms with Crippen LogP contribution in [0.3, 0.4) is 0 Å². The molecule has 0 aromatic carbocycles. The van der Waals surface area contributed by atoms with Gasteiger partial charge in [0.25, 0.3) is 0 Å². The summed E-state index contributed by atoms with van der Waals surface area (Å²) in [6.07, 6.45) is 12.9. The average molecular weight is 312 g/mol. The lowest BCUT2D eigenvalue weighted by molar-refractivity contribution is -0.137. The maximum absolute atomic E-state index is 13.0. The molecule has 0 heterocycles. The molecular weight excluding hydrogens is 284 g/mol. The molecule has 2 saturated carbocycles. The van der Waals surface area contributed by atoms with Crippen LogP contribution < -0.4 is 0 Å². The van der Waals surface area contributed by atoms with Crippen LogP contribution in [0.5, 0.6) is 0 Å². The number of hydrogen-bond donors (Lipinski definition) is 0. The zero-order valence-electron chi connectivity index (χ0n) is 14.6. The van der Waals surface area contributed by atoms with Gasteiger partial charge in [0.1, 0.15) is 5.78 Å². The second-order valence-corrected chi connectivity index (χ2v) is 8.88. The highest BCUT2D eigenvalue weighted by molar-refractivity contribution is 5.95. The molecule has 23 heavy (non-hydrogen) atoms. The maximum Gasteiger partial charge on any atom is 0.159 e. The minimum atomic E-state index is 0.0505. The molecule has 0 saturated heterocycles. The highest BCUT2D eigenvalue weighted by Crippen LogP contribution is 2.65. The lowest BCUT2D eigenvalue weighted by Gasteiger charge is -2.55. The Hall–Kier alpha value is -1.18. The monoisotopic (exact) mass is 312 g/mol. The molecule has 4 rings (SSSR count). The van der Waals surface area contributed by atoms with Gasteiger partial charge in [0.15, 0.2) is 5.78 Å². The lowest BCUT2D eigenvalue weighted by Crippen LogP contribution is -2.52. The first-order valence-electron chi connectivity index (χ1n) is 9.31. The van der Waals surface area contributed by atoms with Crippen LogP contribution in [-0.2, 0) is 9.59 Å². The van der Waals surface area contributed by atoms with Gasteiger partial charge in [-0.15, -0.1) is 0 Å².